The van der Waals surface area contributed by atoms with Crippen molar-refractivity contribution in [2.75, 3.05) is 13.7 Å². The summed E-state index contributed by atoms with van der Waals surface area (Å²) >= 11 is 0. The molecule has 0 aliphatic heterocycles. The highest BCUT2D eigenvalue weighted by atomic mass is 16.6. The van der Waals surface area contributed by atoms with E-state index in [4.69, 9.17) is 0 Å². The first-order chi connectivity index (χ1) is 5.63. The van der Waals surface area contributed by atoms with Gasteiger partial charge in [0.15, 0.2) is 5.78 Å². The minimum Gasteiger partial charge on any atom is -0.461 e. The van der Waals surface area contributed by atoms with Gasteiger partial charge in [-0.15, -0.1) is 0 Å². The summed E-state index contributed by atoms with van der Waals surface area (Å²) in [4.78, 5) is 26.0. The van der Waals surface area contributed by atoms with E-state index >= 15 is 0 Å². The molecule has 68 valence electrons. The Kier molecular flexibility index (Phi) is 4.67. The van der Waals surface area contributed by atoms with Crippen LogP contribution in [0, 0.1) is 0 Å². The van der Waals surface area contributed by atoms with Crippen molar-refractivity contribution in [3.8, 4) is 0 Å². The number of nitrogens with zero attached hydrogens (tertiary/aromatic N) is 1. The molecule has 0 radical (unpaired) electrons. The molecule has 0 aliphatic rings. The zero-order valence-corrected chi connectivity index (χ0v) is 7.29. The van der Waals surface area contributed by atoms with Crippen LogP contribution in [-0.4, -0.2) is 31.2 Å². The van der Waals surface area contributed by atoms with E-state index in [0.29, 0.717) is 0 Å². The van der Waals surface area contributed by atoms with Crippen molar-refractivity contribution in [2.45, 2.75) is 13.8 Å². The minimum absolute atomic E-state index is 0.203. The standard InChI is InChI=1S/C7H11NO4/c1-4-12-7(10)6(5(2)9)8-11-3/h4H2,1-3H3/b8-6+. The number of esters is 1. The van der Waals surface area contributed by atoms with E-state index in [9.17, 15) is 9.59 Å². The van der Waals surface area contributed by atoms with E-state index in [2.05, 4.69) is 14.7 Å². The number of rotatable bonds is 4. The van der Waals surface area contributed by atoms with Gasteiger partial charge >= 0.3 is 5.97 Å². The zero-order chi connectivity index (χ0) is 9.56. The van der Waals surface area contributed by atoms with Crippen molar-refractivity contribution in [1.82, 2.24) is 0 Å². The lowest BCUT2D eigenvalue weighted by Gasteiger charge is -2.00. The number of carbonyl (C=O) groups excluding carboxylic acids is 2. The lowest BCUT2D eigenvalue weighted by molar-refractivity contribution is -0.135. The molecular formula is C7H11NO4. The van der Waals surface area contributed by atoms with Crippen LogP contribution >= 0.6 is 0 Å². The van der Waals surface area contributed by atoms with E-state index in [1.165, 1.54) is 14.0 Å². The average molecular weight is 173 g/mol. The van der Waals surface area contributed by atoms with Crippen molar-refractivity contribution in [1.29, 1.82) is 0 Å². The second kappa shape index (κ2) is 5.29. The van der Waals surface area contributed by atoms with E-state index < -0.39 is 11.8 Å². The van der Waals surface area contributed by atoms with E-state index in [1.807, 2.05) is 0 Å². The first-order valence-electron chi connectivity index (χ1n) is 3.42. The zero-order valence-electron chi connectivity index (χ0n) is 7.29. The van der Waals surface area contributed by atoms with Crippen LogP contribution in [0.4, 0.5) is 0 Å². The van der Waals surface area contributed by atoms with Crippen LogP contribution in [0.15, 0.2) is 5.16 Å². The van der Waals surface area contributed by atoms with Crippen molar-refractivity contribution in [2.24, 2.45) is 5.16 Å². The summed E-state index contributed by atoms with van der Waals surface area (Å²) in [5, 5.41) is 3.23. The number of Topliss-reactive ketones (excluding diaryl/α,β-unsaturated/α-hetero) is 1. The predicted molar refractivity (Wildman–Crippen MR) is 41.8 cm³/mol. The Morgan fingerprint density at radius 2 is 2.00 bits per heavy atom. The molecule has 0 aromatic rings. The van der Waals surface area contributed by atoms with Gasteiger partial charge in [-0.1, -0.05) is 5.16 Å². The quantitative estimate of drug-likeness (QED) is 0.262. The molecule has 0 saturated carbocycles. The molecule has 0 aromatic carbocycles. The molecule has 0 aromatic heterocycles. The third-order valence-electron chi connectivity index (χ3n) is 0.985. The molecule has 5 heteroatoms. The lowest BCUT2D eigenvalue weighted by atomic mass is 10.3. The topological polar surface area (TPSA) is 65.0 Å². The number of ketones is 1. The van der Waals surface area contributed by atoms with Gasteiger partial charge in [0.05, 0.1) is 6.61 Å². The van der Waals surface area contributed by atoms with Crippen LogP contribution in [0.1, 0.15) is 13.8 Å². The Hall–Kier alpha value is -1.39. The predicted octanol–water partition coefficient (Wildman–Crippen LogP) is 0.141. The third kappa shape index (κ3) is 3.14. The summed E-state index contributed by atoms with van der Waals surface area (Å²) in [6.45, 7) is 3.06. The summed E-state index contributed by atoms with van der Waals surface area (Å²) < 4.78 is 4.55. The van der Waals surface area contributed by atoms with Crippen molar-refractivity contribution >= 4 is 17.5 Å². The third-order valence-corrected chi connectivity index (χ3v) is 0.985. The molecule has 0 fully saturated rings. The van der Waals surface area contributed by atoms with Gasteiger partial charge < -0.3 is 9.57 Å². The molecule has 0 N–H and O–H groups in total. The second-order valence-electron chi connectivity index (χ2n) is 1.90. The number of ether oxygens (including phenoxy) is 1. The molecule has 0 unspecified atom stereocenters. The van der Waals surface area contributed by atoms with Crippen LogP contribution in [0.5, 0.6) is 0 Å². The van der Waals surface area contributed by atoms with Crippen molar-refractivity contribution in [3.05, 3.63) is 0 Å². The maximum absolute atomic E-state index is 10.9. The molecule has 0 aliphatic carbocycles. The second-order valence-corrected chi connectivity index (χ2v) is 1.90. The van der Waals surface area contributed by atoms with Gasteiger partial charge in [-0.2, -0.15) is 0 Å². The molecule has 0 atom stereocenters. The highest BCUT2D eigenvalue weighted by Crippen LogP contribution is 1.88. The number of hydrogen-bond donors (Lipinski definition) is 0. The van der Waals surface area contributed by atoms with Crippen molar-refractivity contribution in [3.63, 3.8) is 0 Å². The van der Waals surface area contributed by atoms with Crippen LogP contribution in [0.25, 0.3) is 0 Å². The maximum atomic E-state index is 10.9. The fourth-order valence-corrected chi connectivity index (χ4v) is 0.536. The van der Waals surface area contributed by atoms with Crippen molar-refractivity contribution < 1.29 is 19.2 Å². The molecule has 0 saturated heterocycles. The molecule has 0 spiro atoms. The smallest absolute Gasteiger partial charge is 0.364 e. The summed E-state index contributed by atoms with van der Waals surface area (Å²) in [6.07, 6.45) is 0. The molecule has 0 rings (SSSR count). The molecule has 12 heavy (non-hydrogen) atoms. The number of carbonyl (C=O) groups is 2. The normalized spacial score (nSPS) is 10.8. The summed E-state index contributed by atoms with van der Waals surface area (Å²) in [5.74, 6) is -1.23. The monoisotopic (exact) mass is 173 g/mol. The lowest BCUT2D eigenvalue weighted by Crippen LogP contribution is -2.24. The molecule has 5 nitrogen and oxygen atoms in total. The Labute approximate surface area is 70.3 Å². The first kappa shape index (κ1) is 10.6. The molecule has 0 bridgehead atoms. The largest absolute Gasteiger partial charge is 0.461 e. The Bertz CT molecular complexity index is 209. The fourth-order valence-electron chi connectivity index (χ4n) is 0.536. The SMILES string of the molecule is CCOC(=O)/C(=N/OC)C(C)=O. The fraction of sp³-hybridized carbons (Fsp3) is 0.571. The highest BCUT2D eigenvalue weighted by Gasteiger charge is 2.18. The van der Waals surface area contributed by atoms with E-state index in [0.717, 1.165) is 0 Å². The van der Waals surface area contributed by atoms with Gasteiger partial charge in [0.1, 0.15) is 7.11 Å². The van der Waals surface area contributed by atoms with Crippen LogP contribution < -0.4 is 0 Å². The Morgan fingerprint density at radius 1 is 1.42 bits per heavy atom. The van der Waals surface area contributed by atoms with Crippen LogP contribution in [0.2, 0.25) is 0 Å². The average Bonchev–Trinajstić information content (AvgIpc) is 1.99. The summed E-state index contributed by atoms with van der Waals surface area (Å²) in [7, 11) is 1.25. The number of hydrogen-bond acceptors (Lipinski definition) is 5. The maximum Gasteiger partial charge on any atom is 0.364 e. The Balaban J connectivity index is 4.41. The Morgan fingerprint density at radius 3 is 2.33 bits per heavy atom. The molecule has 0 amide bonds. The molecule has 0 heterocycles. The summed E-state index contributed by atoms with van der Waals surface area (Å²) in [6, 6.07) is 0. The van der Waals surface area contributed by atoms with E-state index in [-0.39, 0.29) is 12.3 Å². The minimum atomic E-state index is -0.758. The number of oxime groups is 1. The van der Waals surface area contributed by atoms with Crippen LogP contribution in [-0.2, 0) is 19.2 Å². The van der Waals surface area contributed by atoms with E-state index in [1.54, 1.807) is 6.92 Å². The van der Waals surface area contributed by atoms with Gasteiger partial charge in [0.25, 0.3) is 0 Å². The molecular weight excluding hydrogens is 162 g/mol. The van der Waals surface area contributed by atoms with Crippen LogP contribution in [0.3, 0.4) is 0 Å². The van der Waals surface area contributed by atoms with Gasteiger partial charge in [0.2, 0.25) is 5.71 Å². The summed E-state index contributed by atoms with van der Waals surface area (Å²) in [5.41, 5.74) is -0.320. The highest BCUT2D eigenvalue weighted by molar-refractivity contribution is 6.63. The van der Waals surface area contributed by atoms with Gasteiger partial charge in [0, 0.05) is 6.92 Å². The first-order valence-corrected chi connectivity index (χ1v) is 3.42. The van der Waals surface area contributed by atoms with Gasteiger partial charge in [-0.05, 0) is 6.92 Å². The van der Waals surface area contributed by atoms with Gasteiger partial charge in [-0.3, -0.25) is 4.79 Å². The van der Waals surface area contributed by atoms with Gasteiger partial charge in [-0.25, -0.2) is 4.79 Å².